The van der Waals surface area contributed by atoms with Crippen molar-refractivity contribution >= 4 is 22.6 Å². The second-order valence-electron chi connectivity index (χ2n) is 1.17. The molecule has 0 aromatic carbocycles. The molecule has 1 heterocycles. The van der Waals surface area contributed by atoms with Gasteiger partial charge in [-0.25, -0.2) is 4.98 Å². The average Bonchev–Trinajstić information content (AvgIpc) is 2.14. The van der Waals surface area contributed by atoms with Gasteiger partial charge < -0.3 is 4.98 Å². The molecule has 0 spiro atoms. The number of aromatic amines is 1. The predicted molar refractivity (Wildman–Crippen MR) is 36.3 cm³/mol. The first kappa shape index (κ1) is 5.08. The zero-order valence-electron chi connectivity index (χ0n) is 3.69. The van der Waals surface area contributed by atoms with Gasteiger partial charge in [-0.3, -0.25) is 0 Å². The van der Waals surface area contributed by atoms with Crippen molar-refractivity contribution in [2.75, 3.05) is 0 Å². The number of hydrogen-bond acceptors (Lipinski definition) is 1. The fourth-order valence-electron chi connectivity index (χ4n) is 0.371. The molecule has 0 amide bonds. The molecule has 1 rings (SSSR count). The molecule has 0 atom stereocenters. The molecule has 1 N–H and O–H groups in total. The normalized spacial score (nSPS) is 9.29. The lowest BCUT2D eigenvalue weighted by Gasteiger charge is -1.78. The molecule has 0 saturated heterocycles. The number of nitrogens with zero attached hydrogens (tertiary/aromatic N) is 1. The molecular weight excluding hydrogens is 203 g/mol. The lowest BCUT2D eigenvalue weighted by Crippen LogP contribution is -1.75. The highest BCUT2D eigenvalue weighted by Gasteiger charge is 1.84. The van der Waals surface area contributed by atoms with Gasteiger partial charge >= 0.3 is 0 Å². The number of nitrogens with one attached hydrogen (secondary N) is 1. The Morgan fingerprint density at radius 3 is 3.00 bits per heavy atom. The van der Waals surface area contributed by atoms with Gasteiger partial charge in [-0.15, -0.1) is 0 Å². The first-order chi connectivity index (χ1) is 3.43. The maximum atomic E-state index is 3.97. The van der Waals surface area contributed by atoms with Crippen LogP contribution >= 0.6 is 22.6 Å². The molecule has 0 unspecified atom stereocenters. The van der Waals surface area contributed by atoms with Crippen molar-refractivity contribution in [3.63, 3.8) is 0 Å². The van der Waals surface area contributed by atoms with Gasteiger partial charge in [0.1, 0.15) is 5.82 Å². The van der Waals surface area contributed by atoms with E-state index in [9.17, 15) is 0 Å². The van der Waals surface area contributed by atoms with E-state index in [1.807, 2.05) is 6.20 Å². The van der Waals surface area contributed by atoms with E-state index in [0.717, 1.165) is 10.3 Å². The van der Waals surface area contributed by atoms with E-state index in [2.05, 4.69) is 32.6 Å². The van der Waals surface area contributed by atoms with E-state index in [0.29, 0.717) is 0 Å². The molecule has 0 radical (unpaired) electrons. The Morgan fingerprint density at radius 1 is 1.86 bits per heavy atom. The van der Waals surface area contributed by atoms with Crippen LogP contribution in [0.15, 0.2) is 12.4 Å². The average molecular weight is 208 g/mol. The summed E-state index contributed by atoms with van der Waals surface area (Å²) in [6.07, 6.45) is 3.59. The Bertz CT molecular complexity index is 124. The Hall–Kier alpha value is -0.0600. The highest BCUT2D eigenvalue weighted by atomic mass is 127. The monoisotopic (exact) mass is 208 g/mol. The van der Waals surface area contributed by atoms with Gasteiger partial charge in [0.25, 0.3) is 0 Å². The molecule has 1 aromatic heterocycles. The first-order valence-electron chi connectivity index (χ1n) is 1.97. The van der Waals surface area contributed by atoms with Crippen LogP contribution in [0.25, 0.3) is 0 Å². The summed E-state index contributed by atoms with van der Waals surface area (Å²) >= 11 is 2.26. The molecule has 0 aliphatic rings. The van der Waals surface area contributed by atoms with E-state index in [-0.39, 0.29) is 0 Å². The molecule has 38 valence electrons. The fraction of sp³-hybridized carbons (Fsp3) is 0.250. The number of H-pyrrole nitrogens is 1. The third kappa shape index (κ3) is 1.15. The first-order valence-corrected chi connectivity index (χ1v) is 3.50. The minimum Gasteiger partial charge on any atom is -0.348 e. The molecule has 0 saturated carbocycles. The molecule has 0 aliphatic carbocycles. The van der Waals surface area contributed by atoms with E-state index >= 15 is 0 Å². The maximum Gasteiger partial charge on any atom is 0.115 e. The minimum absolute atomic E-state index is 0.963. The summed E-state index contributed by atoms with van der Waals surface area (Å²) in [5.74, 6) is 1.04. The second-order valence-corrected chi connectivity index (χ2v) is 1.93. The summed E-state index contributed by atoms with van der Waals surface area (Å²) < 4.78 is 0.963. The molecule has 1 aromatic rings. The van der Waals surface area contributed by atoms with Crippen LogP contribution in [0.5, 0.6) is 0 Å². The predicted octanol–water partition coefficient (Wildman–Crippen LogP) is 1.34. The maximum absolute atomic E-state index is 3.97. The van der Waals surface area contributed by atoms with Crippen molar-refractivity contribution in [2.45, 2.75) is 4.43 Å². The SMILES string of the molecule is ICc1ncc[nH]1. The van der Waals surface area contributed by atoms with Crippen LogP contribution < -0.4 is 0 Å². The fourth-order valence-corrected chi connectivity index (χ4v) is 0.788. The Kier molecular flexibility index (Phi) is 1.67. The summed E-state index contributed by atoms with van der Waals surface area (Å²) in [4.78, 5) is 6.94. The van der Waals surface area contributed by atoms with Crippen LogP contribution in [0.4, 0.5) is 0 Å². The summed E-state index contributed by atoms with van der Waals surface area (Å²) in [6, 6.07) is 0. The number of rotatable bonds is 1. The Morgan fingerprint density at radius 2 is 2.71 bits per heavy atom. The number of halogens is 1. The molecule has 0 bridgehead atoms. The van der Waals surface area contributed by atoms with Crippen molar-refractivity contribution < 1.29 is 0 Å². The lowest BCUT2D eigenvalue weighted by atomic mass is 10.8. The quantitative estimate of drug-likeness (QED) is 0.547. The van der Waals surface area contributed by atoms with Crippen molar-refractivity contribution in [1.29, 1.82) is 0 Å². The lowest BCUT2D eigenvalue weighted by molar-refractivity contribution is 1.14. The Balaban J connectivity index is 2.76. The van der Waals surface area contributed by atoms with Gasteiger partial charge in [0.05, 0.1) is 4.43 Å². The van der Waals surface area contributed by atoms with Crippen molar-refractivity contribution in [3.05, 3.63) is 18.2 Å². The second kappa shape index (κ2) is 2.30. The zero-order chi connectivity index (χ0) is 5.11. The third-order valence-electron chi connectivity index (χ3n) is 0.681. The standard InChI is InChI=1S/C4H5IN2/c5-3-4-6-1-2-7-4/h1-2H,3H2,(H,6,7). The van der Waals surface area contributed by atoms with Gasteiger partial charge in [-0.1, -0.05) is 22.6 Å². The van der Waals surface area contributed by atoms with E-state index in [1.54, 1.807) is 6.20 Å². The molecule has 3 heteroatoms. The number of hydrogen-bond donors (Lipinski definition) is 1. The largest absolute Gasteiger partial charge is 0.348 e. The summed E-state index contributed by atoms with van der Waals surface area (Å²) in [5.41, 5.74) is 0. The van der Waals surface area contributed by atoms with E-state index in [1.165, 1.54) is 0 Å². The smallest absolute Gasteiger partial charge is 0.115 e. The van der Waals surface area contributed by atoms with E-state index in [4.69, 9.17) is 0 Å². The van der Waals surface area contributed by atoms with Crippen LogP contribution in [-0.4, -0.2) is 9.97 Å². The van der Waals surface area contributed by atoms with Gasteiger partial charge in [-0.05, 0) is 0 Å². The van der Waals surface area contributed by atoms with Crippen molar-refractivity contribution in [1.82, 2.24) is 9.97 Å². The van der Waals surface area contributed by atoms with Crippen LogP contribution in [0.1, 0.15) is 5.82 Å². The highest BCUT2D eigenvalue weighted by molar-refractivity contribution is 14.1. The van der Waals surface area contributed by atoms with Gasteiger partial charge in [0.2, 0.25) is 0 Å². The van der Waals surface area contributed by atoms with Crippen LogP contribution in [0, 0.1) is 0 Å². The van der Waals surface area contributed by atoms with Crippen LogP contribution in [0.2, 0.25) is 0 Å². The third-order valence-corrected chi connectivity index (χ3v) is 1.40. The van der Waals surface area contributed by atoms with Gasteiger partial charge in [-0.2, -0.15) is 0 Å². The molecule has 7 heavy (non-hydrogen) atoms. The van der Waals surface area contributed by atoms with Crippen molar-refractivity contribution in [3.8, 4) is 0 Å². The van der Waals surface area contributed by atoms with Crippen LogP contribution in [0.3, 0.4) is 0 Å². The molecular formula is C4H5IN2. The van der Waals surface area contributed by atoms with Crippen molar-refractivity contribution in [2.24, 2.45) is 0 Å². The van der Waals surface area contributed by atoms with Crippen LogP contribution in [-0.2, 0) is 4.43 Å². The Labute approximate surface area is 55.5 Å². The van der Waals surface area contributed by atoms with Gasteiger partial charge in [0, 0.05) is 12.4 Å². The minimum atomic E-state index is 0.963. The highest BCUT2D eigenvalue weighted by Crippen LogP contribution is 1.94. The summed E-state index contributed by atoms with van der Waals surface area (Å²) in [7, 11) is 0. The zero-order valence-corrected chi connectivity index (χ0v) is 5.84. The number of alkyl halides is 1. The van der Waals surface area contributed by atoms with E-state index < -0.39 is 0 Å². The molecule has 2 nitrogen and oxygen atoms in total. The number of aromatic nitrogens is 2. The summed E-state index contributed by atoms with van der Waals surface area (Å²) in [6.45, 7) is 0. The number of imidazole rings is 1. The molecule has 0 aliphatic heterocycles. The molecule has 0 fully saturated rings. The topological polar surface area (TPSA) is 28.7 Å². The van der Waals surface area contributed by atoms with Gasteiger partial charge in [0.15, 0.2) is 0 Å². The summed E-state index contributed by atoms with van der Waals surface area (Å²) in [5, 5.41) is 0.